The van der Waals surface area contributed by atoms with Gasteiger partial charge in [-0.25, -0.2) is 0 Å². The van der Waals surface area contributed by atoms with Gasteiger partial charge in [-0.05, 0) is 38.8 Å². The fourth-order valence-electron chi connectivity index (χ4n) is 2.62. The van der Waals surface area contributed by atoms with Crippen LogP contribution in [0.2, 0.25) is 0 Å². The molecule has 0 fully saturated rings. The number of para-hydroxylation sites is 1. The molecule has 0 bridgehead atoms. The minimum Gasteiger partial charge on any atom is -0.870 e. The maximum Gasteiger partial charge on any atom is 0.132 e. The van der Waals surface area contributed by atoms with Crippen LogP contribution in [0.4, 0.5) is 5.69 Å². The molecule has 1 aromatic rings. The van der Waals surface area contributed by atoms with E-state index in [2.05, 4.69) is 51.1 Å². The van der Waals surface area contributed by atoms with Crippen LogP contribution >= 0.6 is 0 Å². The third-order valence-electron chi connectivity index (χ3n) is 3.95. The largest absolute Gasteiger partial charge is 0.870 e. The topological polar surface area (TPSA) is 30.0 Å². The lowest BCUT2D eigenvalue weighted by atomic mass is 10.1. The summed E-state index contributed by atoms with van der Waals surface area (Å²) >= 11 is 0. The minimum atomic E-state index is 0. The standard InChI is InChI=1S/C16H28N.H2O/c1-4-7-8-12-15-17(5-2,6-3)16-13-10-9-11-14-16;/h9-11,13-14H,4-8,12,15H2,1-3H3;1H2/q+1;/p-1. The second kappa shape index (κ2) is 9.12. The zero-order valence-electron chi connectivity index (χ0n) is 12.2. The summed E-state index contributed by atoms with van der Waals surface area (Å²) in [6.07, 6.45) is 5.43. The average molecular weight is 251 g/mol. The summed E-state index contributed by atoms with van der Waals surface area (Å²) in [4.78, 5) is 0. The molecular weight excluding hydrogens is 222 g/mol. The molecule has 0 aliphatic carbocycles. The molecule has 0 aromatic heterocycles. The fourth-order valence-corrected chi connectivity index (χ4v) is 2.62. The van der Waals surface area contributed by atoms with Crippen molar-refractivity contribution in [2.45, 2.75) is 46.5 Å². The van der Waals surface area contributed by atoms with Gasteiger partial charge in [0.2, 0.25) is 0 Å². The third kappa shape index (κ3) is 4.43. The van der Waals surface area contributed by atoms with Crippen molar-refractivity contribution in [2.75, 3.05) is 19.6 Å². The minimum absolute atomic E-state index is 0. The molecule has 0 aliphatic heterocycles. The number of hydrogen-bond donors (Lipinski definition) is 0. The molecule has 0 heterocycles. The molecular formula is C16H29NO. The first-order valence-corrected chi connectivity index (χ1v) is 7.20. The van der Waals surface area contributed by atoms with Crippen LogP contribution in [0.25, 0.3) is 0 Å². The van der Waals surface area contributed by atoms with Crippen molar-refractivity contribution in [1.29, 1.82) is 0 Å². The van der Waals surface area contributed by atoms with Crippen LogP contribution < -0.4 is 4.48 Å². The van der Waals surface area contributed by atoms with Crippen LogP contribution in [0, 0.1) is 0 Å². The zero-order chi connectivity index (χ0) is 12.6. The molecule has 0 spiro atoms. The number of benzene rings is 1. The van der Waals surface area contributed by atoms with Gasteiger partial charge in [-0.3, -0.25) is 4.48 Å². The summed E-state index contributed by atoms with van der Waals surface area (Å²) in [5.74, 6) is 0. The van der Waals surface area contributed by atoms with Crippen molar-refractivity contribution in [3.63, 3.8) is 0 Å². The fraction of sp³-hybridized carbons (Fsp3) is 0.625. The Morgan fingerprint density at radius 2 is 1.44 bits per heavy atom. The Bertz CT molecular complexity index is 293. The number of nitrogens with zero attached hydrogens (tertiary/aromatic N) is 1. The monoisotopic (exact) mass is 251 g/mol. The molecule has 0 unspecified atom stereocenters. The van der Waals surface area contributed by atoms with Crippen LogP contribution in [0.1, 0.15) is 46.5 Å². The quantitative estimate of drug-likeness (QED) is 0.496. The van der Waals surface area contributed by atoms with Crippen molar-refractivity contribution in [3.8, 4) is 0 Å². The van der Waals surface area contributed by atoms with Gasteiger partial charge in [0.1, 0.15) is 5.69 Å². The Labute approximate surface area is 113 Å². The molecule has 0 aliphatic rings. The first-order chi connectivity index (χ1) is 8.29. The second-order valence-corrected chi connectivity index (χ2v) is 4.90. The number of quaternary nitrogens is 1. The molecule has 0 atom stereocenters. The highest BCUT2D eigenvalue weighted by atomic mass is 16.0. The van der Waals surface area contributed by atoms with Crippen LogP contribution in [-0.4, -0.2) is 25.1 Å². The van der Waals surface area contributed by atoms with Gasteiger partial charge in [0.05, 0.1) is 19.6 Å². The Morgan fingerprint density at radius 1 is 0.833 bits per heavy atom. The van der Waals surface area contributed by atoms with Crippen LogP contribution in [0.5, 0.6) is 0 Å². The van der Waals surface area contributed by atoms with E-state index in [0.29, 0.717) is 0 Å². The summed E-state index contributed by atoms with van der Waals surface area (Å²) < 4.78 is 1.14. The zero-order valence-corrected chi connectivity index (χ0v) is 12.2. The van der Waals surface area contributed by atoms with Gasteiger partial charge in [-0.15, -0.1) is 0 Å². The van der Waals surface area contributed by atoms with Gasteiger partial charge < -0.3 is 5.48 Å². The average Bonchev–Trinajstić information content (AvgIpc) is 2.41. The maximum atomic E-state index is 2.32. The number of hydrogen-bond acceptors (Lipinski definition) is 1. The third-order valence-corrected chi connectivity index (χ3v) is 3.95. The van der Waals surface area contributed by atoms with E-state index in [1.807, 2.05) is 0 Å². The molecule has 1 aromatic carbocycles. The normalized spacial score (nSPS) is 11.1. The van der Waals surface area contributed by atoms with Crippen molar-refractivity contribution < 1.29 is 5.48 Å². The van der Waals surface area contributed by atoms with E-state index in [9.17, 15) is 0 Å². The Hall–Kier alpha value is -0.860. The van der Waals surface area contributed by atoms with E-state index >= 15 is 0 Å². The summed E-state index contributed by atoms with van der Waals surface area (Å²) in [6.45, 7) is 10.6. The predicted molar refractivity (Wildman–Crippen MR) is 80.3 cm³/mol. The molecule has 1 rings (SSSR count). The Morgan fingerprint density at radius 3 is 1.94 bits per heavy atom. The van der Waals surface area contributed by atoms with Crippen molar-refractivity contribution in [3.05, 3.63) is 30.3 Å². The van der Waals surface area contributed by atoms with E-state index < -0.39 is 0 Å². The highest BCUT2D eigenvalue weighted by Crippen LogP contribution is 2.23. The predicted octanol–water partition coefficient (Wildman–Crippen LogP) is 4.44. The second-order valence-electron chi connectivity index (χ2n) is 4.90. The van der Waals surface area contributed by atoms with Gasteiger partial charge in [-0.1, -0.05) is 38.0 Å². The van der Waals surface area contributed by atoms with E-state index in [0.717, 1.165) is 4.48 Å². The van der Waals surface area contributed by atoms with Crippen LogP contribution in [0.15, 0.2) is 30.3 Å². The van der Waals surface area contributed by atoms with Crippen LogP contribution in [0.3, 0.4) is 0 Å². The smallest absolute Gasteiger partial charge is 0.132 e. The SMILES string of the molecule is CCCCCC[N+](CC)(CC)c1ccccc1.[OH-]. The summed E-state index contributed by atoms with van der Waals surface area (Å²) in [5, 5.41) is 0. The van der Waals surface area contributed by atoms with Crippen molar-refractivity contribution >= 4 is 5.69 Å². The van der Waals surface area contributed by atoms with Crippen LogP contribution in [-0.2, 0) is 0 Å². The molecule has 1 N–H and O–H groups in total. The molecule has 104 valence electrons. The van der Waals surface area contributed by atoms with Crippen molar-refractivity contribution in [1.82, 2.24) is 4.48 Å². The lowest BCUT2D eigenvalue weighted by Gasteiger charge is -2.36. The molecule has 0 saturated carbocycles. The first-order valence-electron chi connectivity index (χ1n) is 7.20. The van der Waals surface area contributed by atoms with Gasteiger partial charge >= 0.3 is 0 Å². The highest BCUT2D eigenvalue weighted by molar-refractivity contribution is 5.42. The Balaban J connectivity index is 0.00000289. The lowest BCUT2D eigenvalue weighted by molar-refractivity contribution is 0.292. The molecule has 2 nitrogen and oxygen atoms in total. The molecule has 18 heavy (non-hydrogen) atoms. The molecule has 0 saturated heterocycles. The van der Waals surface area contributed by atoms with E-state index in [1.165, 1.54) is 51.0 Å². The maximum absolute atomic E-state index is 2.32. The Kier molecular flexibility index (Phi) is 8.69. The lowest BCUT2D eigenvalue weighted by Crippen LogP contribution is -2.49. The van der Waals surface area contributed by atoms with E-state index in [1.54, 1.807) is 0 Å². The number of unbranched alkanes of at least 4 members (excludes halogenated alkanes) is 3. The van der Waals surface area contributed by atoms with Gasteiger partial charge in [0.15, 0.2) is 0 Å². The first kappa shape index (κ1) is 17.1. The van der Waals surface area contributed by atoms with Crippen molar-refractivity contribution in [2.24, 2.45) is 0 Å². The summed E-state index contributed by atoms with van der Waals surface area (Å²) in [6, 6.07) is 11.0. The molecule has 0 amide bonds. The van der Waals surface area contributed by atoms with E-state index in [-0.39, 0.29) is 5.48 Å². The van der Waals surface area contributed by atoms with Gasteiger partial charge in [0, 0.05) is 0 Å². The summed E-state index contributed by atoms with van der Waals surface area (Å²) in [7, 11) is 0. The van der Waals surface area contributed by atoms with Gasteiger partial charge in [0.25, 0.3) is 0 Å². The summed E-state index contributed by atoms with van der Waals surface area (Å²) in [5.41, 5.74) is 1.48. The molecule has 2 heteroatoms. The highest BCUT2D eigenvalue weighted by Gasteiger charge is 2.25. The van der Waals surface area contributed by atoms with E-state index in [4.69, 9.17) is 0 Å². The van der Waals surface area contributed by atoms with Gasteiger partial charge in [-0.2, -0.15) is 0 Å². The molecule has 0 radical (unpaired) electrons. The number of rotatable bonds is 8.